The number of benzene rings is 1. The summed E-state index contributed by atoms with van der Waals surface area (Å²) in [6, 6.07) is 5.63. The van der Waals surface area contributed by atoms with Crippen molar-refractivity contribution in [3.8, 4) is 0 Å². The Morgan fingerprint density at radius 1 is 1.40 bits per heavy atom. The van der Waals surface area contributed by atoms with Crippen molar-refractivity contribution in [1.29, 1.82) is 0 Å². The minimum absolute atomic E-state index is 0.102. The fourth-order valence-corrected chi connectivity index (χ4v) is 2.69. The van der Waals surface area contributed by atoms with Gasteiger partial charge in [0.25, 0.3) is 0 Å². The van der Waals surface area contributed by atoms with E-state index >= 15 is 0 Å². The first-order chi connectivity index (χ1) is 7.22. The third kappa shape index (κ3) is 1.13. The highest BCUT2D eigenvalue weighted by Gasteiger charge is 2.48. The van der Waals surface area contributed by atoms with Gasteiger partial charge in [-0.05, 0) is 30.7 Å². The molecule has 2 heterocycles. The third-order valence-corrected chi connectivity index (χ3v) is 3.57. The molecule has 15 heavy (non-hydrogen) atoms. The van der Waals surface area contributed by atoms with E-state index < -0.39 is 0 Å². The van der Waals surface area contributed by atoms with Gasteiger partial charge in [0.15, 0.2) is 0 Å². The van der Waals surface area contributed by atoms with Crippen molar-refractivity contribution in [2.24, 2.45) is 0 Å². The Labute approximate surface area is 92.8 Å². The summed E-state index contributed by atoms with van der Waals surface area (Å²) in [7, 11) is 0. The summed E-state index contributed by atoms with van der Waals surface area (Å²) in [6.07, 6.45) is 0.869. The predicted molar refractivity (Wildman–Crippen MR) is 59.2 cm³/mol. The normalized spacial score (nSPS) is 28.2. The molecule has 0 aromatic heterocycles. The van der Waals surface area contributed by atoms with Gasteiger partial charge in [0.05, 0.1) is 5.41 Å². The SMILES string of the molecule is O=C1Nc2cc(Cl)ccc2C12CCNC2. The number of rotatable bonds is 0. The van der Waals surface area contributed by atoms with Crippen LogP contribution in [0, 0.1) is 0 Å². The van der Waals surface area contributed by atoms with Crippen molar-refractivity contribution in [3.63, 3.8) is 0 Å². The molecule has 1 fully saturated rings. The molecule has 1 amide bonds. The summed E-state index contributed by atoms with van der Waals surface area (Å²) < 4.78 is 0. The molecule has 78 valence electrons. The standard InChI is InChI=1S/C11H11ClN2O/c12-7-1-2-8-9(5-7)14-10(15)11(8)3-4-13-6-11/h1-2,5,13H,3-4,6H2,(H,14,15). The topological polar surface area (TPSA) is 41.1 Å². The second-order valence-electron chi connectivity index (χ2n) is 4.15. The molecular formula is C11H11ClN2O. The van der Waals surface area contributed by atoms with Crippen molar-refractivity contribution < 1.29 is 4.79 Å². The molecule has 0 bridgehead atoms. The summed E-state index contributed by atoms with van der Waals surface area (Å²) in [5.41, 5.74) is 1.61. The van der Waals surface area contributed by atoms with E-state index in [0.29, 0.717) is 5.02 Å². The van der Waals surface area contributed by atoms with E-state index in [0.717, 1.165) is 30.8 Å². The van der Waals surface area contributed by atoms with Gasteiger partial charge in [-0.25, -0.2) is 0 Å². The maximum atomic E-state index is 12.0. The fraction of sp³-hybridized carbons (Fsp3) is 0.364. The third-order valence-electron chi connectivity index (χ3n) is 3.34. The Kier molecular flexibility index (Phi) is 1.82. The van der Waals surface area contributed by atoms with Crippen molar-refractivity contribution in [3.05, 3.63) is 28.8 Å². The van der Waals surface area contributed by atoms with Crippen molar-refractivity contribution in [2.75, 3.05) is 18.4 Å². The molecule has 2 aliphatic heterocycles. The van der Waals surface area contributed by atoms with Gasteiger partial charge in [0.2, 0.25) is 5.91 Å². The monoisotopic (exact) mass is 222 g/mol. The van der Waals surface area contributed by atoms with Gasteiger partial charge < -0.3 is 10.6 Å². The van der Waals surface area contributed by atoms with Gasteiger partial charge in [-0.3, -0.25) is 4.79 Å². The van der Waals surface area contributed by atoms with Crippen LogP contribution in [-0.2, 0) is 10.2 Å². The molecule has 0 radical (unpaired) electrons. The second-order valence-corrected chi connectivity index (χ2v) is 4.59. The summed E-state index contributed by atoms with van der Waals surface area (Å²) >= 11 is 5.90. The molecule has 3 nitrogen and oxygen atoms in total. The van der Waals surface area contributed by atoms with E-state index in [2.05, 4.69) is 10.6 Å². The highest BCUT2D eigenvalue weighted by atomic mass is 35.5. The Morgan fingerprint density at radius 2 is 2.27 bits per heavy atom. The molecule has 3 rings (SSSR count). The maximum Gasteiger partial charge on any atom is 0.236 e. The molecule has 1 aromatic rings. The average molecular weight is 223 g/mol. The number of nitrogens with one attached hydrogen (secondary N) is 2. The maximum absolute atomic E-state index is 12.0. The molecular weight excluding hydrogens is 212 g/mol. The number of carbonyl (C=O) groups is 1. The van der Waals surface area contributed by atoms with E-state index in [-0.39, 0.29) is 11.3 Å². The second kappa shape index (κ2) is 2.97. The zero-order valence-electron chi connectivity index (χ0n) is 8.14. The molecule has 1 saturated heterocycles. The number of halogens is 1. The summed E-state index contributed by atoms with van der Waals surface area (Å²) in [4.78, 5) is 12.0. The van der Waals surface area contributed by atoms with Crippen molar-refractivity contribution in [1.82, 2.24) is 5.32 Å². The van der Waals surface area contributed by atoms with Gasteiger partial charge in [0.1, 0.15) is 0 Å². The highest BCUT2D eigenvalue weighted by Crippen LogP contribution is 2.42. The van der Waals surface area contributed by atoms with Crippen molar-refractivity contribution in [2.45, 2.75) is 11.8 Å². The van der Waals surface area contributed by atoms with Gasteiger partial charge in [-0.15, -0.1) is 0 Å². The van der Waals surface area contributed by atoms with Crippen LogP contribution >= 0.6 is 11.6 Å². The molecule has 1 aromatic carbocycles. The van der Waals surface area contributed by atoms with Crippen LogP contribution in [0.25, 0.3) is 0 Å². The van der Waals surface area contributed by atoms with Crippen LogP contribution in [0.1, 0.15) is 12.0 Å². The van der Waals surface area contributed by atoms with Crippen LogP contribution in [0.15, 0.2) is 18.2 Å². The number of carbonyl (C=O) groups excluding carboxylic acids is 1. The quantitative estimate of drug-likeness (QED) is 0.699. The predicted octanol–water partition coefficient (Wildman–Crippen LogP) is 1.52. The van der Waals surface area contributed by atoms with Gasteiger partial charge in [0, 0.05) is 17.3 Å². The summed E-state index contributed by atoms with van der Waals surface area (Å²) in [6.45, 7) is 1.63. The highest BCUT2D eigenvalue weighted by molar-refractivity contribution is 6.31. The zero-order chi connectivity index (χ0) is 10.5. The van der Waals surface area contributed by atoms with E-state index in [1.165, 1.54) is 0 Å². The average Bonchev–Trinajstić information content (AvgIpc) is 2.76. The molecule has 4 heteroatoms. The van der Waals surface area contributed by atoms with E-state index in [9.17, 15) is 4.79 Å². The summed E-state index contributed by atoms with van der Waals surface area (Å²) in [5.74, 6) is 0.102. The Bertz CT molecular complexity index is 438. The van der Waals surface area contributed by atoms with E-state index in [1.807, 2.05) is 18.2 Å². The molecule has 1 unspecified atom stereocenters. The first-order valence-corrected chi connectivity index (χ1v) is 5.42. The van der Waals surface area contributed by atoms with Crippen molar-refractivity contribution >= 4 is 23.2 Å². The minimum Gasteiger partial charge on any atom is -0.325 e. The van der Waals surface area contributed by atoms with Crippen LogP contribution in [0.4, 0.5) is 5.69 Å². The lowest BCUT2D eigenvalue weighted by atomic mass is 9.81. The lowest BCUT2D eigenvalue weighted by molar-refractivity contribution is -0.120. The van der Waals surface area contributed by atoms with Crippen LogP contribution in [0.2, 0.25) is 5.02 Å². The zero-order valence-corrected chi connectivity index (χ0v) is 8.90. The Morgan fingerprint density at radius 3 is 3.00 bits per heavy atom. The van der Waals surface area contributed by atoms with Gasteiger partial charge in [-0.2, -0.15) is 0 Å². The summed E-state index contributed by atoms with van der Waals surface area (Å²) in [5, 5.41) is 6.82. The van der Waals surface area contributed by atoms with Crippen LogP contribution in [-0.4, -0.2) is 19.0 Å². The lowest BCUT2D eigenvalue weighted by Crippen LogP contribution is -2.36. The Hall–Kier alpha value is -1.06. The molecule has 1 spiro atoms. The van der Waals surface area contributed by atoms with Gasteiger partial charge in [-0.1, -0.05) is 17.7 Å². The van der Waals surface area contributed by atoms with Crippen LogP contribution < -0.4 is 10.6 Å². The minimum atomic E-state index is -0.347. The smallest absolute Gasteiger partial charge is 0.236 e. The lowest BCUT2D eigenvalue weighted by Gasteiger charge is -2.19. The van der Waals surface area contributed by atoms with Crippen LogP contribution in [0.3, 0.4) is 0 Å². The number of hydrogen-bond donors (Lipinski definition) is 2. The van der Waals surface area contributed by atoms with Crippen LogP contribution in [0.5, 0.6) is 0 Å². The van der Waals surface area contributed by atoms with E-state index in [1.54, 1.807) is 0 Å². The molecule has 2 N–H and O–H groups in total. The Balaban J connectivity index is 2.17. The molecule has 1 atom stereocenters. The van der Waals surface area contributed by atoms with E-state index in [4.69, 9.17) is 11.6 Å². The largest absolute Gasteiger partial charge is 0.325 e. The first kappa shape index (κ1) is 9.19. The molecule has 0 aliphatic carbocycles. The number of amides is 1. The number of hydrogen-bond acceptors (Lipinski definition) is 2. The number of anilines is 1. The first-order valence-electron chi connectivity index (χ1n) is 5.05. The number of fused-ring (bicyclic) bond motifs is 2. The molecule has 0 saturated carbocycles. The fourth-order valence-electron chi connectivity index (χ4n) is 2.52. The molecule has 2 aliphatic rings. The van der Waals surface area contributed by atoms with Gasteiger partial charge >= 0.3 is 0 Å².